The topological polar surface area (TPSA) is 55.0 Å². The van der Waals surface area contributed by atoms with Gasteiger partial charge in [0.1, 0.15) is 17.1 Å². The molecular weight excluding hydrogens is 276 g/mol. The van der Waals surface area contributed by atoms with Crippen molar-refractivity contribution in [2.24, 2.45) is 0 Å². The summed E-state index contributed by atoms with van der Waals surface area (Å²) >= 11 is 6.14. The molecule has 0 unspecified atom stereocenters. The number of para-hydroxylation sites is 1. The second kappa shape index (κ2) is 4.98. The number of fused-ring (bicyclic) bond motifs is 1. The normalized spacial score (nSPS) is 10.7. The number of rotatable bonds is 2. The van der Waals surface area contributed by atoms with Crippen LogP contribution in [0, 0.1) is 0 Å². The highest BCUT2D eigenvalue weighted by molar-refractivity contribution is 6.33. The summed E-state index contributed by atoms with van der Waals surface area (Å²) in [7, 11) is 1.55. The third kappa shape index (κ3) is 2.04. The van der Waals surface area contributed by atoms with E-state index in [4.69, 9.17) is 16.3 Å². The van der Waals surface area contributed by atoms with Crippen molar-refractivity contribution in [1.29, 1.82) is 0 Å². The van der Waals surface area contributed by atoms with Crippen molar-refractivity contribution in [3.05, 3.63) is 57.8 Å². The van der Waals surface area contributed by atoms with E-state index in [0.29, 0.717) is 33.1 Å². The number of ether oxygens (including phenoxy) is 1. The fourth-order valence-corrected chi connectivity index (χ4v) is 2.31. The third-order valence-electron chi connectivity index (χ3n) is 3.05. The van der Waals surface area contributed by atoms with Crippen LogP contribution < -0.4 is 10.3 Å². The Morgan fingerprint density at radius 3 is 2.70 bits per heavy atom. The molecule has 0 saturated carbocycles. The second-order valence-electron chi connectivity index (χ2n) is 4.25. The van der Waals surface area contributed by atoms with Gasteiger partial charge in [0.15, 0.2) is 0 Å². The standard InChI is InChI=1S/C15H11ClN2O2/c1-20-12-8-4-6-10-13(12)17-14(18-15(10)19)9-5-2-3-7-11(9)16/h2-8H,1H3,(H,17,18,19). The predicted molar refractivity (Wildman–Crippen MR) is 79.4 cm³/mol. The van der Waals surface area contributed by atoms with E-state index in [2.05, 4.69) is 9.97 Å². The summed E-state index contributed by atoms with van der Waals surface area (Å²) in [6, 6.07) is 12.5. The maximum absolute atomic E-state index is 12.2. The number of aromatic amines is 1. The highest BCUT2D eigenvalue weighted by atomic mass is 35.5. The lowest BCUT2D eigenvalue weighted by Gasteiger charge is -2.07. The Hall–Kier alpha value is -2.33. The van der Waals surface area contributed by atoms with Gasteiger partial charge >= 0.3 is 0 Å². The summed E-state index contributed by atoms with van der Waals surface area (Å²) in [5.74, 6) is 0.986. The first-order valence-corrected chi connectivity index (χ1v) is 6.40. The maximum atomic E-state index is 12.2. The van der Waals surface area contributed by atoms with Crippen LogP contribution in [0.3, 0.4) is 0 Å². The molecule has 1 aromatic heterocycles. The van der Waals surface area contributed by atoms with Crippen molar-refractivity contribution in [1.82, 2.24) is 9.97 Å². The van der Waals surface area contributed by atoms with Gasteiger partial charge in [-0.1, -0.05) is 29.8 Å². The van der Waals surface area contributed by atoms with Crippen molar-refractivity contribution < 1.29 is 4.74 Å². The number of hydrogen-bond donors (Lipinski definition) is 1. The predicted octanol–water partition coefficient (Wildman–Crippen LogP) is 3.25. The Bertz CT molecular complexity index is 843. The Balaban J connectivity index is 2.35. The van der Waals surface area contributed by atoms with Gasteiger partial charge in [-0.25, -0.2) is 4.98 Å². The number of aromatic nitrogens is 2. The second-order valence-corrected chi connectivity index (χ2v) is 4.66. The number of benzene rings is 2. The molecule has 0 aliphatic carbocycles. The Kier molecular flexibility index (Phi) is 3.16. The molecule has 4 nitrogen and oxygen atoms in total. The van der Waals surface area contributed by atoms with Gasteiger partial charge in [0.25, 0.3) is 5.56 Å². The van der Waals surface area contributed by atoms with E-state index in [-0.39, 0.29) is 5.56 Å². The molecule has 0 saturated heterocycles. The molecular formula is C15H11ClN2O2. The van der Waals surface area contributed by atoms with Crippen LogP contribution in [0.25, 0.3) is 22.3 Å². The quantitative estimate of drug-likeness (QED) is 0.787. The van der Waals surface area contributed by atoms with Crippen molar-refractivity contribution in [2.75, 3.05) is 7.11 Å². The van der Waals surface area contributed by atoms with Crippen LogP contribution in [-0.2, 0) is 0 Å². The number of methoxy groups -OCH3 is 1. The van der Waals surface area contributed by atoms with E-state index in [0.717, 1.165) is 0 Å². The minimum absolute atomic E-state index is 0.219. The van der Waals surface area contributed by atoms with Gasteiger partial charge in [0.05, 0.1) is 17.5 Å². The van der Waals surface area contributed by atoms with E-state index >= 15 is 0 Å². The zero-order valence-corrected chi connectivity index (χ0v) is 11.4. The largest absolute Gasteiger partial charge is 0.494 e. The molecule has 0 aliphatic rings. The highest BCUT2D eigenvalue weighted by Crippen LogP contribution is 2.27. The third-order valence-corrected chi connectivity index (χ3v) is 3.38. The molecule has 0 bridgehead atoms. The first-order valence-electron chi connectivity index (χ1n) is 6.02. The van der Waals surface area contributed by atoms with Gasteiger partial charge in [0, 0.05) is 5.56 Å². The van der Waals surface area contributed by atoms with E-state index in [1.54, 1.807) is 31.4 Å². The Labute approximate surface area is 120 Å². The molecule has 0 aliphatic heterocycles. The van der Waals surface area contributed by atoms with Gasteiger partial charge in [-0.3, -0.25) is 4.79 Å². The van der Waals surface area contributed by atoms with Crippen LogP contribution in [0.15, 0.2) is 47.3 Å². The van der Waals surface area contributed by atoms with E-state index in [9.17, 15) is 4.79 Å². The van der Waals surface area contributed by atoms with Crippen molar-refractivity contribution in [3.63, 3.8) is 0 Å². The van der Waals surface area contributed by atoms with Crippen molar-refractivity contribution in [2.45, 2.75) is 0 Å². The minimum atomic E-state index is -0.219. The highest BCUT2D eigenvalue weighted by Gasteiger charge is 2.11. The molecule has 5 heteroatoms. The van der Waals surface area contributed by atoms with Gasteiger partial charge in [-0.05, 0) is 24.3 Å². The molecule has 100 valence electrons. The molecule has 0 spiro atoms. The molecule has 20 heavy (non-hydrogen) atoms. The Morgan fingerprint density at radius 2 is 1.95 bits per heavy atom. The van der Waals surface area contributed by atoms with E-state index in [1.807, 2.05) is 18.2 Å². The van der Waals surface area contributed by atoms with Gasteiger partial charge in [-0.2, -0.15) is 0 Å². The number of halogens is 1. The van der Waals surface area contributed by atoms with Crippen molar-refractivity contribution in [3.8, 4) is 17.1 Å². The van der Waals surface area contributed by atoms with Crippen LogP contribution in [0.1, 0.15) is 0 Å². The van der Waals surface area contributed by atoms with Gasteiger partial charge < -0.3 is 9.72 Å². The first-order chi connectivity index (χ1) is 9.70. The van der Waals surface area contributed by atoms with Crippen LogP contribution in [-0.4, -0.2) is 17.1 Å². The van der Waals surface area contributed by atoms with Gasteiger partial charge in [0.2, 0.25) is 0 Å². The van der Waals surface area contributed by atoms with Crippen LogP contribution in [0.5, 0.6) is 5.75 Å². The maximum Gasteiger partial charge on any atom is 0.259 e. The van der Waals surface area contributed by atoms with Crippen LogP contribution >= 0.6 is 11.6 Å². The summed E-state index contributed by atoms with van der Waals surface area (Å²) in [5.41, 5.74) is 0.983. The molecule has 0 radical (unpaired) electrons. The molecule has 3 aromatic rings. The molecule has 1 N–H and O–H groups in total. The molecule has 0 atom stereocenters. The fourth-order valence-electron chi connectivity index (χ4n) is 2.08. The lowest BCUT2D eigenvalue weighted by Crippen LogP contribution is -2.10. The SMILES string of the molecule is COc1cccc2c(=O)[nH]c(-c3ccccc3Cl)nc12. The molecule has 0 amide bonds. The van der Waals surface area contributed by atoms with Crippen LogP contribution in [0.2, 0.25) is 5.02 Å². The number of nitrogens with zero attached hydrogens (tertiary/aromatic N) is 1. The first kappa shape index (κ1) is 12.7. The summed E-state index contributed by atoms with van der Waals surface area (Å²) in [6.07, 6.45) is 0. The summed E-state index contributed by atoms with van der Waals surface area (Å²) in [5, 5.41) is 1.02. The summed E-state index contributed by atoms with van der Waals surface area (Å²) in [6.45, 7) is 0. The zero-order valence-electron chi connectivity index (χ0n) is 10.7. The zero-order chi connectivity index (χ0) is 14.1. The van der Waals surface area contributed by atoms with Crippen molar-refractivity contribution >= 4 is 22.5 Å². The minimum Gasteiger partial charge on any atom is -0.494 e. The number of nitrogens with one attached hydrogen (secondary N) is 1. The lowest BCUT2D eigenvalue weighted by molar-refractivity contribution is 0.419. The number of hydrogen-bond acceptors (Lipinski definition) is 3. The Morgan fingerprint density at radius 1 is 1.15 bits per heavy atom. The number of H-pyrrole nitrogens is 1. The summed E-state index contributed by atoms with van der Waals surface area (Å²) < 4.78 is 5.26. The molecule has 1 heterocycles. The molecule has 3 rings (SSSR count). The average molecular weight is 287 g/mol. The van der Waals surface area contributed by atoms with Gasteiger partial charge in [-0.15, -0.1) is 0 Å². The van der Waals surface area contributed by atoms with E-state index < -0.39 is 0 Å². The monoisotopic (exact) mass is 286 g/mol. The van der Waals surface area contributed by atoms with E-state index in [1.165, 1.54) is 0 Å². The fraction of sp³-hybridized carbons (Fsp3) is 0.0667. The average Bonchev–Trinajstić information content (AvgIpc) is 2.47. The smallest absolute Gasteiger partial charge is 0.259 e. The summed E-state index contributed by atoms with van der Waals surface area (Å²) in [4.78, 5) is 19.4. The molecule has 0 fully saturated rings. The lowest BCUT2D eigenvalue weighted by atomic mass is 10.2. The molecule has 2 aromatic carbocycles. The van der Waals surface area contributed by atoms with Crippen LogP contribution in [0.4, 0.5) is 0 Å².